The van der Waals surface area contributed by atoms with Crippen LogP contribution in [-0.2, 0) is 11.3 Å². The highest BCUT2D eigenvalue weighted by Gasteiger charge is 2.35. The van der Waals surface area contributed by atoms with E-state index in [2.05, 4.69) is 0 Å². The maximum Gasteiger partial charge on any atom is 0.343 e. The van der Waals surface area contributed by atoms with Crippen molar-refractivity contribution >= 4 is 57.3 Å². The van der Waals surface area contributed by atoms with Gasteiger partial charge in [-0.25, -0.2) is 4.79 Å². The lowest BCUT2D eigenvalue weighted by Crippen LogP contribution is -2.27. The lowest BCUT2D eigenvalue weighted by molar-refractivity contribution is -0.123. The molecule has 37 heavy (non-hydrogen) atoms. The number of nitrogens with zero attached hydrogens (tertiary/aromatic N) is 1. The van der Waals surface area contributed by atoms with Crippen LogP contribution in [0.1, 0.15) is 21.5 Å². The van der Waals surface area contributed by atoms with Gasteiger partial charge in [-0.1, -0.05) is 60.1 Å². The van der Waals surface area contributed by atoms with E-state index in [4.69, 9.17) is 21.1 Å². The molecule has 1 aliphatic rings. The molecule has 5 rings (SSSR count). The zero-order chi connectivity index (χ0) is 25.9. The number of carbonyl (C=O) groups excluding carboxylic acids is 3. The number of benzene rings is 4. The first-order valence-electron chi connectivity index (χ1n) is 11.3. The Morgan fingerprint density at radius 1 is 0.946 bits per heavy atom. The van der Waals surface area contributed by atoms with Crippen molar-refractivity contribution in [1.29, 1.82) is 0 Å². The van der Waals surface area contributed by atoms with Gasteiger partial charge in [0.25, 0.3) is 11.1 Å². The van der Waals surface area contributed by atoms with E-state index in [1.807, 2.05) is 42.5 Å². The van der Waals surface area contributed by atoms with Gasteiger partial charge in [0.1, 0.15) is 0 Å². The van der Waals surface area contributed by atoms with Crippen molar-refractivity contribution < 1.29 is 23.9 Å². The Labute approximate surface area is 222 Å². The normalized spacial score (nSPS) is 14.4. The highest BCUT2D eigenvalue weighted by atomic mass is 35.5. The van der Waals surface area contributed by atoms with Gasteiger partial charge < -0.3 is 9.47 Å². The molecule has 0 N–H and O–H groups in total. The number of amides is 2. The van der Waals surface area contributed by atoms with Crippen molar-refractivity contribution in [3.8, 4) is 11.5 Å². The molecule has 0 saturated carbocycles. The maximum atomic E-state index is 13.1. The van der Waals surface area contributed by atoms with E-state index in [1.54, 1.807) is 48.5 Å². The number of carbonyl (C=O) groups is 3. The van der Waals surface area contributed by atoms with Gasteiger partial charge in [-0.15, -0.1) is 0 Å². The Morgan fingerprint density at radius 3 is 2.49 bits per heavy atom. The number of imide groups is 1. The minimum atomic E-state index is -0.558. The number of hydrogen-bond donors (Lipinski definition) is 0. The molecule has 0 aromatic heterocycles. The summed E-state index contributed by atoms with van der Waals surface area (Å²) in [6.07, 6.45) is 1.63. The molecule has 1 aliphatic heterocycles. The molecule has 6 nitrogen and oxygen atoms in total. The second-order valence-corrected chi connectivity index (χ2v) is 9.64. The van der Waals surface area contributed by atoms with E-state index >= 15 is 0 Å². The lowest BCUT2D eigenvalue weighted by Gasteiger charge is -2.14. The molecule has 1 fully saturated rings. The molecule has 8 heteroatoms. The third kappa shape index (κ3) is 5.23. The van der Waals surface area contributed by atoms with Gasteiger partial charge in [-0.2, -0.15) is 0 Å². The standard InChI is InChI=1S/C29H20ClNO5S/c1-35-25-15-18(9-14-24(25)36-28(33)20-10-12-22(30)13-11-20)16-26-27(32)31(29(34)37-26)17-21-7-4-6-19-5-2-3-8-23(19)21/h2-16H,17H2,1H3/b26-16-. The van der Waals surface area contributed by atoms with Crippen LogP contribution >= 0.6 is 23.4 Å². The lowest BCUT2D eigenvalue weighted by atomic mass is 10.0. The summed E-state index contributed by atoms with van der Waals surface area (Å²) < 4.78 is 10.9. The minimum absolute atomic E-state index is 0.187. The molecule has 4 aromatic carbocycles. The summed E-state index contributed by atoms with van der Waals surface area (Å²) in [5, 5.41) is 2.23. The van der Waals surface area contributed by atoms with E-state index in [-0.39, 0.29) is 23.4 Å². The number of methoxy groups -OCH3 is 1. The highest BCUT2D eigenvalue weighted by molar-refractivity contribution is 8.18. The fourth-order valence-corrected chi connectivity index (χ4v) is 4.96. The number of fused-ring (bicyclic) bond motifs is 1. The molecule has 0 aliphatic carbocycles. The van der Waals surface area contributed by atoms with Crippen LogP contribution in [-0.4, -0.2) is 29.1 Å². The Kier molecular flexibility index (Phi) is 6.99. The molecule has 0 unspecified atom stereocenters. The van der Waals surface area contributed by atoms with Gasteiger partial charge in [-0.3, -0.25) is 14.5 Å². The predicted molar refractivity (Wildman–Crippen MR) is 145 cm³/mol. The van der Waals surface area contributed by atoms with Crippen molar-refractivity contribution in [2.45, 2.75) is 6.54 Å². The number of halogens is 1. The molecule has 1 heterocycles. The minimum Gasteiger partial charge on any atom is -0.493 e. The Bertz CT molecular complexity index is 1560. The molecule has 0 atom stereocenters. The van der Waals surface area contributed by atoms with Crippen LogP contribution in [0.2, 0.25) is 5.02 Å². The molecule has 184 valence electrons. The largest absolute Gasteiger partial charge is 0.493 e. The monoisotopic (exact) mass is 529 g/mol. The second-order valence-electron chi connectivity index (χ2n) is 8.21. The smallest absolute Gasteiger partial charge is 0.343 e. The highest BCUT2D eigenvalue weighted by Crippen LogP contribution is 2.36. The van der Waals surface area contributed by atoms with Crippen LogP contribution in [0.15, 0.2) is 89.8 Å². The van der Waals surface area contributed by atoms with E-state index in [0.717, 1.165) is 28.1 Å². The van der Waals surface area contributed by atoms with Gasteiger partial charge >= 0.3 is 5.97 Å². The fraction of sp³-hybridized carbons (Fsp3) is 0.0690. The van der Waals surface area contributed by atoms with Gasteiger partial charge in [0.2, 0.25) is 0 Å². The summed E-state index contributed by atoms with van der Waals surface area (Å²) in [6.45, 7) is 0.187. The van der Waals surface area contributed by atoms with Crippen LogP contribution in [0.3, 0.4) is 0 Å². The average Bonchev–Trinajstić information content (AvgIpc) is 3.17. The van der Waals surface area contributed by atoms with Gasteiger partial charge in [0.15, 0.2) is 11.5 Å². The molecule has 0 radical (unpaired) electrons. The molecule has 2 amide bonds. The SMILES string of the molecule is COc1cc(/C=C2\SC(=O)N(Cc3cccc4ccccc34)C2=O)ccc1OC(=O)c1ccc(Cl)cc1. The van der Waals surface area contributed by atoms with Gasteiger partial charge in [0.05, 0.1) is 24.1 Å². The van der Waals surface area contributed by atoms with Gasteiger partial charge in [-0.05, 0) is 76.1 Å². The van der Waals surface area contributed by atoms with Crippen molar-refractivity contribution in [1.82, 2.24) is 4.90 Å². The summed E-state index contributed by atoms with van der Waals surface area (Å²) in [6, 6.07) is 25.0. The van der Waals surface area contributed by atoms with Crippen LogP contribution in [0.4, 0.5) is 4.79 Å². The Balaban J connectivity index is 1.35. The topological polar surface area (TPSA) is 72.9 Å². The Hall–Kier alpha value is -4.07. The molecular weight excluding hydrogens is 510 g/mol. The molecule has 0 spiro atoms. The summed E-state index contributed by atoms with van der Waals surface area (Å²) in [5.41, 5.74) is 1.87. The first-order valence-corrected chi connectivity index (χ1v) is 12.5. The molecule has 1 saturated heterocycles. The quantitative estimate of drug-likeness (QED) is 0.153. The summed E-state index contributed by atoms with van der Waals surface area (Å²) in [7, 11) is 1.46. The van der Waals surface area contributed by atoms with E-state index < -0.39 is 5.97 Å². The van der Waals surface area contributed by atoms with Crippen LogP contribution in [0, 0.1) is 0 Å². The first kappa shape index (κ1) is 24.6. The molecular formula is C29H20ClNO5S. The van der Waals surface area contributed by atoms with Crippen molar-refractivity contribution in [3.05, 3.63) is 112 Å². The van der Waals surface area contributed by atoms with Crippen LogP contribution in [0.5, 0.6) is 11.5 Å². The number of thioether (sulfide) groups is 1. The maximum absolute atomic E-state index is 13.1. The van der Waals surface area contributed by atoms with Crippen LogP contribution in [0.25, 0.3) is 16.8 Å². The molecule has 4 aromatic rings. The van der Waals surface area contributed by atoms with Crippen LogP contribution < -0.4 is 9.47 Å². The van der Waals surface area contributed by atoms with E-state index in [9.17, 15) is 14.4 Å². The number of ether oxygens (including phenoxy) is 2. The number of esters is 1. The molecule has 0 bridgehead atoms. The summed E-state index contributed by atoms with van der Waals surface area (Å²) in [5.74, 6) is -0.382. The van der Waals surface area contributed by atoms with E-state index in [0.29, 0.717) is 26.8 Å². The summed E-state index contributed by atoms with van der Waals surface area (Å²) >= 11 is 6.77. The van der Waals surface area contributed by atoms with Gasteiger partial charge in [0, 0.05) is 5.02 Å². The number of rotatable bonds is 6. The number of hydrogen-bond acceptors (Lipinski definition) is 6. The average molecular weight is 530 g/mol. The second kappa shape index (κ2) is 10.5. The summed E-state index contributed by atoms with van der Waals surface area (Å²) in [4.78, 5) is 39.9. The third-order valence-corrected chi connectivity index (χ3v) is 7.01. The van der Waals surface area contributed by atoms with Crippen molar-refractivity contribution in [3.63, 3.8) is 0 Å². The first-order chi connectivity index (χ1) is 17.9. The third-order valence-electron chi connectivity index (χ3n) is 5.85. The zero-order valence-electron chi connectivity index (χ0n) is 19.6. The van der Waals surface area contributed by atoms with E-state index in [1.165, 1.54) is 12.0 Å². The van der Waals surface area contributed by atoms with Crippen molar-refractivity contribution in [2.24, 2.45) is 0 Å². The fourth-order valence-electron chi connectivity index (χ4n) is 3.99. The Morgan fingerprint density at radius 2 is 1.70 bits per heavy atom. The van der Waals surface area contributed by atoms with Crippen molar-refractivity contribution in [2.75, 3.05) is 7.11 Å². The zero-order valence-corrected chi connectivity index (χ0v) is 21.2. The predicted octanol–water partition coefficient (Wildman–Crippen LogP) is 6.96.